The number of nitrogens with one attached hydrogen (secondary N) is 1. The van der Waals surface area contributed by atoms with E-state index in [2.05, 4.69) is 20.7 Å². The summed E-state index contributed by atoms with van der Waals surface area (Å²) in [5.41, 5.74) is 7.73. The maximum absolute atomic E-state index is 12.2. The third-order valence-corrected chi connectivity index (χ3v) is 5.91. The van der Waals surface area contributed by atoms with Crippen LogP contribution in [0.2, 0.25) is 0 Å². The summed E-state index contributed by atoms with van der Waals surface area (Å²) < 4.78 is 28.2. The predicted molar refractivity (Wildman–Crippen MR) is 81.9 cm³/mol. The number of rotatable bonds is 4. The summed E-state index contributed by atoms with van der Waals surface area (Å²) >= 11 is 4.51. The molecule has 102 valence electrons. The summed E-state index contributed by atoms with van der Waals surface area (Å²) in [7, 11) is -3.54. The van der Waals surface area contributed by atoms with Crippen molar-refractivity contribution in [1.82, 2.24) is 0 Å². The van der Waals surface area contributed by atoms with Gasteiger partial charge in [0.25, 0.3) is 10.0 Å². The van der Waals surface area contributed by atoms with Crippen molar-refractivity contribution in [2.45, 2.75) is 17.7 Å². The third-order valence-electron chi connectivity index (χ3n) is 2.56. The Morgan fingerprint density at radius 3 is 2.68 bits per heavy atom. The molecule has 0 fully saturated rings. The summed E-state index contributed by atoms with van der Waals surface area (Å²) in [6.07, 6.45) is 0. The Kier molecular flexibility index (Phi) is 4.29. The number of sulfonamides is 1. The van der Waals surface area contributed by atoms with Crippen molar-refractivity contribution in [1.29, 1.82) is 0 Å². The molecule has 0 atom stereocenters. The molecule has 1 aromatic carbocycles. The fourth-order valence-corrected chi connectivity index (χ4v) is 4.37. The fourth-order valence-electron chi connectivity index (χ4n) is 1.54. The van der Waals surface area contributed by atoms with E-state index in [1.54, 1.807) is 23.6 Å². The highest BCUT2D eigenvalue weighted by atomic mass is 79.9. The lowest BCUT2D eigenvalue weighted by atomic mass is 10.2. The van der Waals surface area contributed by atoms with Crippen LogP contribution in [0.15, 0.2) is 38.3 Å². The van der Waals surface area contributed by atoms with Gasteiger partial charge in [-0.25, -0.2) is 8.42 Å². The number of anilines is 1. The van der Waals surface area contributed by atoms with Crippen LogP contribution in [0.3, 0.4) is 0 Å². The number of nitrogens with two attached hydrogens (primary N) is 1. The number of thiophene rings is 1. The number of benzene rings is 1. The molecule has 7 heteroatoms. The fraction of sp³-hybridized carbons (Fsp3) is 0.167. The van der Waals surface area contributed by atoms with Gasteiger partial charge in [-0.3, -0.25) is 4.72 Å². The van der Waals surface area contributed by atoms with E-state index in [1.807, 2.05) is 13.0 Å². The molecule has 1 aromatic heterocycles. The van der Waals surface area contributed by atoms with Crippen molar-refractivity contribution in [2.75, 3.05) is 4.72 Å². The van der Waals surface area contributed by atoms with Crippen LogP contribution in [0.4, 0.5) is 5.69 Å². The molecule has 0 amide bonds. The van der Waals surface area contributed by atoms with Crippen molar-refractivity contribution in [2.24, 2.45) is 5.73 Å². The van der Waals surface area contributed by atoms with Crippen LogP contribution in [0.5, 0.6) is 0 Å². The van der Waals surface area contributed by atoms with E-state index in [0.717, 1.165) is 15.6 Å². The molecule has 0 unspecified atom stereocenters. The molecule has 0 bridgehead atoms. The first-order chi connectivity index (χ1) is 8.92. The minimum absolute atomic E-state index is 0.273. The van der Waals surface area contributed by atoms with Crippen LogP contribution >= 0.6 is 27.3 Å². The number of hydrogen-bond donors (Lipinski definition) is 2. The molecule has 3 N–H and O–H groups in total. The zero-order valence-corrected chi connectivity index (χ0v) is 13.4. The first-order valence-electron chi connectivity index (χ1n) is 5.49. The van der Waals surface area contributed by atoms with Gasteiger partial charge in [0.05, 0.1) is 5.69 Å². The Morgan fingerprint density at radius 1 is 1.37 bits per heavy atom. The average Bonchev–Trinajstić information content (AvgIpc) is 2.82. The Morgan fingerprint density at radius 2 is 2.11 bits per heavy atom. The molecule has 2 aromatic rings. The molecule has 0 radical (unpaired) electrons. The van der Waals surface area contributed by atoms with Crippen LogP contribution < -0.4 is 10.5 Å². The second-order valence-corrected chi connectivity index (χ2v) is 7.78. The number of halogens is 1. The van der Waals surface area contributed by atoms with E-state index in [-0.39, 0.29) is 4.21 Å². The van der Waals surface area contributed by atoms with Gasteiger partial charge in [0.1, 0.15) is 4.21 Å². The molecule has 0 spiro atoms. The van der Waals surface area contributed by atoms with E-state index in [0.29, 0.717) is 12.2 Å². The monoisotopic (exact) mass is 360 g/mol. The van der Waals surface area contributed by atoms with E-state index in [4.69, 9.17) is 5.73 Å². The largest absolute Gasteiger partial charge is 0.326 e. The Hall–Kier alpha value is -0.890. The SMILES string of the molecule is Cc1cc(Br)ccc1NS(=O)(=O)c1cc(CN)cs1. The Bertz CT molecular complexity index is 696. The van der Waals surface area contributed by atoms with Crippen molar-refractivity contribution < 1.29 is 8.42 Å². The lowest BCUT2D eigenvalue weighted by Crippen LogP contribution is -2.12. The first-order valence-corrected chi connectivity index (χ1v) is 8.64. The van der Waals surface area contributed by atoms with E-state index in [9.17, 15) is 8.42 Å². The van der Waals surface area contributed by atoms with Crippen molar-refractivity contribution in [3.63, 3.8) is 0 Å². The predicted octanol–water partition coefficient (Wildman–Crippen LogP) is 3.08. The van der Waals surface area contributed by atoms with Crippen molar-refractivity contribution >= 4 is 43.0 Å². The molecule has 19 heavy (non-hydrogen) atoms. The zero-order valence-electron chi connectivity index (χ0n) is 10.2. The molecule has 1 heterocycles. The maximum Gasteiger partial charge on any atom is 0.271 e. The summed E-state index contributed by atoms with van der Waals surface area (Å²) in [5, 5.41) is 1.75. The number of aryl methyl sites for hydroxylation is 1. The molecule has 4 nitrogen and oxygen atoms in total. The van der Waals surface area contributed by atoms with Crippen LogP contribution in [0, 0.1) is 6.92 Å². The third kappa shape index (κ3) is 3.36. The molecular formula is C12H13BrN2O2S2. The zero-order chi connectivity index (χ0) is 14.0. The van der Waals surface area contributed by atoms with E-state index < -0.39 is 10.0 Å². The quantitative estimate of drug-likeness (QED) is 0.879. The highest BCUT2D eigenvalue weighted by Crippen LogP contribution is 2.26. The summed E-state index contributed by atoms with van der Waals surface area (Å²) in [5.74, 6) is 0. The molecule has 0 aliphatic heterocycles. The average molecular weight is 361 g/mol. The Balaban J connectivity index is 2.30. The second kappa shape index (κ2) is 5.62. The molecule has 0 aliphatic carbocycles. The van der Waals surface area contributed by atoms with Gasteiger partial charge >= 0.3 is 0 Å². The first kappa shape index (κ1) is 14.5. The van der Waals surface area contributed by atoms with Crippen molar-refractivity contribution in [3.8, 4) is 0 Å². The van der Waals surface area contributed by atoms with Gasteiger partial charge in [-0.05, 0) is 47.7 Å². The minimum Gasteiger partial charge on any atom is -0.326 e. The van der Waals surface area contributed by atoms with Crippen LogP contribution in [-0.4, -0.2) is 8.42 Å². The number of hydrogen-bond acceptors (Lipinski definition) is 4. The molecule has 2 rings (SSSR count). The van der Waals surface area contributed by atoms with Gasteiger partial charge < -0.3 is 5.73 Å². The van der Waals surface area contributed by atoms with Gasteiger partial charge in [-0.2, -0.15) is 0 Å². The van der Waals surface area contributed by atoms with Gasteiger partial charge in [0.2, 0.25) is 0 Å². The topological polar surface area (TPSA) is 72.2 Å². The highest BCUT2D eigenvalue weighted by Gasteiger charge is 2.17. The normalized spacial score (nSPS) is 11.5. The van der Waals surface area contributed by atoms with Crippen LogP contribution in [-0.2, 0) is 16.6 Å². The van der Waals surface area contributed by atoms with Crippen LogP contribution in [0.25, 0.3) is 0 Å². The summed E-state index contributed by atoms with van der Waals surface area (Å²) in [4.78, 5) is 0. The van der Waals surface area contributed by atoms with E-state index in [1.165, 1.54) is 11.3 Å². The molecule has 0 saturated carbocycles. The summed E-state index contributed by atoms with van der Waals surface area (Å²) in [6, 6.07) is 6.98. The molecule has 0 saturated heterocycles. The van der Waals surface area contributed by atoms with Gasteiger partial charge in [-0.15, -0.1) is 11.3 Å². The molecular weight excluding hydrogens is 348 g/mol. The van der Waals surface area contributed by atoms with Crippen molar-refractivity contribution in [3.05, 3.63) is 45.2 Å². The van der Waals surface area contributed by atoms with Crippen LogP contribution in [0.1, 0.15) is 11.1 Å². The molecule has 0 aliphatic rings. The lowest BCUT2D eigenvalue weighted by Gasteiger charge is -2.09. The standard InChI is InChI=1S/C12H13BrN2O2S2/c1-8-4-10(13)2-3-11(8)15-19(16,17)12-5-9(6-14)7-18-12/h2-5,7,15H,6,14H2,1H3. The van der Waals surface area contributed by atoms with Gasteiger partial charge in [0.15, 0.2) is 0 Å². The smallest absolute Gasteiger partial charge is 0.271 e. The van der Waals surface area contributed by atoms with Gasteiger partial charge in [0, 0.05) is 11.0 Å². The highest BCUT2D eigenvalue weighted by molar-refractivity contribution is 9.10. The maximum atomic E-state index is 12.2. The Labute approximate surface area is 124 Å². The van der Waals surface area contributed by atoms with Gasteiger partial charge in [-0.1, -0.05) is 15.9 Å². The summed E-state index contributed by atoms with van der Waals surface area (Å²) in [6.45, 7) is 2.19. The second-order valence-electron chi connectivity index (χ2n) is 4.04. The minimum atomic E-state index is -3.54. The lowest BCUT2D eigenvalue weighted by molar-refractivity contribution is 0.603. The van der Waals surface area contributed by atoms with E-state index >= 15 is 0 Å².